The largest absolute Gasteiger partial charge is 0.504 e. The van der Waals surface area contributed by atoms with Gasteiger partial charge in [-0.2, -0.15) is 0 Å². The first-order valence-electron chi connectivity index (χ1n) is 5.95. The summed E-state index contributed by atoms with van der Waals surface area (Å²) < 4.78 is 5.53. The summed E-state index contributed by atoms with van der Waals surface area (Å²) in [5.41, 5.74) is 0.237. The summed E-state index contributed by atoms with van der Waals surface area (Å²) in [7, 11) is 0. The smallest absolute Gasteiger partial charge is 0.200 e. The Kier molecular flexibility index (Phi) is 4.81. The minimum absolute atomic E-state index is 0.288. The molecule has 1 rings (SSSR count). The van der Waals surface area contributed by atoms with Crippen LogP contribution < -0.4 is 5.32 Å². The lowest BCUT2D eigenvalue weighted by Crippen LogP contribution is -2.37. The molecule has 0 atom stereocenters. The van der Waals surface area contributed by atoms with E-state index in [-0.39, 0.29) is 17.1 Å². The lowest BCUT2D eigenvalue weighted by molar-refractivity contribution is -0.00900. The molecule has 0 unspecified atom stereocenters. The van der Waals surface area contributed by atoms with Gasteiger partial charge in [-0.1, -0.05) is 6.07 Å². The van der Waals surface area contributed by atoms with Gasteiger partial charge in [0.15, 0.2) is 11.5 Å². The zero-order valence-electron chi connectivity index (χ0n) is 11.0. The molecule has 0 aromatic heterocycles. The number of hydrogen-bond acceptors (Lipinski definition) is 5. The Labute approximate surface area is 107 Å². The van der Waals surface area contributed by atoms with Crippen LogP contribution >= 0.6 is 0 Å². The molecule has 0 aliphatic rings. The van der Waals surface area contributed by atoms with Crippen LogP contribution in [0.1, 0.15) is 26.3 Å². The summed E-state index contributed by atoms with van der Waals surface area (Å²) in [5.74, 6) is -1.11. The Balaban J connectivity index is 2.57. The first kappa shape index (κ1) is 14.6. The van der Waals surface area contributed by atoms with Crippen molar-refractivity contribution in [1.82, 2.24) is 5.32 Å². The summed E-state index contributed by atoms with van der Waals surface area (Å²) >= 11 is 0. The Bertz CT molecular complexity index is 404. The topological polar surface area (TPSA) is 82.0 Å². The number of nitrogens with one attached hydrogen (secondary N) is 1. The quantitative estimate of drug-likeness (QED) is 0.582. The van der Waals surface area contributed by atoms with E-state index >= 15 is 0 Å². The highest BCUT2D eigenvalue weighted by Gasteiger charge is 2.17. The molecule has 0 saturated carbocycles. The van der Waals surface area contributed by atoms with Crippen molar-refractivity contribution in [2.45, 2.75) is 32.9 Å². The van der Waals surface area contributed by atoms with Gasteiger partial charge in [-0.05, 0) is 26.8 Å². The third kappa shape index (κ3) is 3.78. The molecule has 102 valence electrons. The standard InChI is InChI=1S/C13H21NO4/c1-4-18-13(2,3)8-14-7-9-5-6-10(15)12(17)11(9)16/h5-6,14-17H,4,7-8H2,1-3H3. The van der Waals surface area contributed by atoms with Crippen LogP contribution in [0.5, 0.6) is 17.2 Å². The summed E-state index contributed by atoms with van der Waals surface area (Å²) in [6.07, 6.45) is 0. The molecule has 4 N–H and O–H groups in total. The Hall–Kier alpha value is -1.46. The van der Waals surface area contributed by atoms with Crippen molar-refractivity contribution in [3.05, 3.63) is 17.7 Å². The third-order valence-corrected chi connectivity index (χ3v) is 2.61. The Morgan fingerprint density at radius 1 is 1.17 bits per heavy atom. The van der Waals surface area contributed by atoms with Crippen LogP contribution in [-0.4, -0.2) is 34.1 Å². The highest BCUT2D eigenvalue weighted by Crippen LogP contribution is 2.36. The Morgan fingerprint density at radius 2 is 1.83 bits per heavy atom. The van der Waals surface area contributed by atoms with Crippen molar-refractivity contribution in [3.8, 4) is 17.2 Å². The predicted molar refractivity (Wildman–Crippen MR) is 68.8 cm³/mol. The van der Waals surface area contributed by atoms with Gasteiger partial charge in [-0.15, -0.1) is 0 Å². The number of phenols is 3. The van der Waals surface area contributed by atoms with Crippen LogP contribution in [0.15, 0.2) is 12.1 Å². The highest BCUT2D eigenvalue weighted by molar-refractivity contribution is 5.52. The van der Waals surface area contributed by atoms with Crippen molar-refractivity contribution >= 4 is 0 Å². The number of aromatic hydroxyl groups is 3. The van der Waals surface area contributed by atoms with E-state index in [0.717, 1.165) is 0 Å². The molecule has 5 heteroatoms. The van der Waals surface area contributed by atoms with Gasteiger partial charge in [0.1, 0.15) is 0 Å². The van der Waals surface area contributed by atoms with Gasteiger partial charge in [0, 0.05) is 25.3 Å². The lowest BCUT2D eigenvalue weighted by atomic mass is 10.1. The van der Waals surface area contributed by atoms with Crippen LogP contribution in [0, 0.1) is 0 Å². The molecule has 0 amide bonds. The maximum Gasteiger partial charge on any atom is 0.200 e. The normalized spacial score (nSPS) is 11.7. The second-order valence-corrected chi connectivity index (χ2v) is 4.74. The summed E-state index contributed by atoms with van der Waals surface area (Å²) in [4.78, 5) is 0. The molecule has 1 aromatic rings. The molecule has 0 saturated heterocycles. The average molecular weight is 255 g/mol. The van der Waals surface area contributed by atoms with Crippen LogP contribution in [-0.2, 0) is 11.3 Å². The van der Waals surface area contributed by atoms with Crippen molar-refractivity contribution in [1.29, 1.82) is 0 Å². The molecule has 0 fully saturated rings. The van der Waals surface area contributed by atoms with E-state index < -0.39 is 5.75 Å². The van der Waals surface area contributed by atoms with E-state index in [0.29, 0.717) is 25.3 Å². The molecular weight excluding hydrogens is 234 g/mol. The first-order valence-corrected chi connectivity index (χ1v) is 5.95. The molecule has 1 aromatic carbocycles. The number of benzene rings is 1. The molecule has 0 aliphatic carbocycles. The highest BCUT2D eigenvalue weighted by atomic mass is 16.5. The van der Waals surface area contributed by atoms with Gasteiger partial charge < -0.3 is 25.4 Å². The molecule has 0 heterocycles. The molecular formula is C13H21NO4. The maximum absolute atomic E-state index is 9.63. The van der Waals surface area contributed by atoms with E-state index in [9.17, 15) is 15.3 Å². The van der Waals surface area contributed by atoms with Crippen molar-refractivity contribution in [2.24, 2.45) is 0 Å². The van der Waals surface area contributed by atoms with Crippen LogP contribution in [0.25, 0.3) is 0 Å². The van der Waals surface area contributed by atoms with E-state index in [4.69, 9.17) is 4.74 Å². The number of hydrogen-bond donors (Lipinski definition) is 4. The van der Waals surface area contributed by atoms with Gasteiger partial charge in [0.2, 0.25) is 5.75 Å². The number of rotatable bonds is 6. The zero-order chi connectivity index (χ0) is 13.8. The van der Waals surface area contributed by atoms with E-state index in [1.165, 1.54) is 6.07 Å². The fraction of sp³-hybridized carbons (Fsp3) is 0.538. The Morgan fingerprint density at radius 3 is 2.44 bits per heavy atom. The van der Waals surface area contributed by atoms with E-state index in [1.54, 1.807) is 6.07 Å². The monoisotopic (exact) mass is 255 g/mol. The fourth-order valence-corrected chi connectivity index (χ4v) is 1.69. The molecule has 0 aliphatic heterocycles. The molecule has 0 radical (unpaired) electrons. The fourth-order valence-electron chi connectivity index (χ4n) is 1.69. The molecule has 0 spiro atoms. The second-order valence-electron chi connectivity index (χ2n) is 4.74. The zero-order valence-corrected chi connectivity index (χ0v) is 11.0. The number of ether oxygens (including phenoxy) is 1. The van der Waals surface area contributed by atoms with E-state index in [2.05, 4.69) is 5.32 Å². The summed E-state index contributed by atoms with van der Waals surface area (Å²) in [6.45, 7) is 7.51. The third-order valence-electron chi connectivity index (χ3n) is 2.61. The second kappa shape index (κ2) is 5.93. The summed E-state index contributed by atoms with van der Waals surface area (Å²) in [5, 5.41) is 31.3. The average Bonchev–Trinajstić information content (AvgIpc) is 2.29. The minimum Gasteiger partial charge on any atom is -0.504 e. The van der Waals surface area contributed by atoms with Crippen molar-refractivity contribution in [3.63, 3.8) is 0 Å². The SMILES string of the molecule is CCOC(C)(C)CNCc1ccc(O)c(O)c1O. The number of phenolic OH excluding ortho intramolecular Hbond substituents is 3. The molecule has 18 heavy (non-hydrogen) atoms. The van der Waals surface area contributed by atoms with Crippen molar-refractivity contribution < 1.29 is 20.1 Å². The van der Waals surface area contributed by atoms with E-state index in [1.807, 2.05) is 20.8 Å². The maximum atomic E-state index is 9.63. The molecule has 0 bridgehead atoms. The predicted octanol–water partition coefficient (Wildman–Crippen LogP) is 1.71. The van der Waals surface area contributed by atoms with Crippen LogP contribution in [0.3, 0.4) is 0 Å². The molecule has 5 nitrogen and oxygen atoms in total. The van der Waals surface area contributed by atoms with Crippen LogP contribution in [0.2, 0.25) is 0 Å². The van der Waals surface area contributed by atoms with Gasteiger partial charge in [-0.25, -0.2) is 0 Å². The van der Waals surface area contributed by atoms with Gasteiger partial charge in [-0.3, -0.25) is 0 Å². The minimum atomic E-state index is -0.488. The van der Waals surface area contributed by atoms with Gasteiger partial charge in [0.25, 0.3) is 0 Å². The van der Waals surface area contributed by atoms with Gasteiger partial charge in [0.05, 0.1) is 5.60 Å². The van der Waals surface area contributed by atoms with Gasteiger partial charge >= 0.3 is 0 Å². The summed E-state index contributed by atoms with van der Waals surface area (Å²) in [6, 6.07) is 2.91. The van der Waals surface area contributed by atoms with Crippen LogP contribution in [0.4, 0.5) is 0 Å². The first-order chi connectivity index (χ1) is 8.37. The lowest BCUT2D eigenvalue weighted by Gasteiger charge is -2.25. The van der Waals surface area contributed by atoms with Crippen molar-refractivity contribution in [2.75, 3.05) is 13.2 Å².